The first-order chi connectivity index (χ1) is 21.1. The summed E-state index contributed by atoms with van der Waals surface area (Å²) in [5.41, 5.74) is 6.64. The second-order valence-electron chi connectivity index (χ2n) is 14.6. The molecule has 2 saturated heterocycles. The lowest BCUT2D eigenvalue weighted by molar-refractivity contribution is -0.0488. The zero-order valence-electron chi connectivity index (χ0n) is 26.7. The largest absolute Gasteiger partial charge is 0.508 e. The lowest BCUT2D eigenvalue weighted by Crippen LogP contribution is -2.65. The molecule has 2 aromatic carbocycles. The fraction of sp³-hybridized carbons (Fsp3) is 0.526. The third-order valence-electron chi connectivity index (χ3n) is 12.2. The maximum atomic E-state index is 10.5. The van der Waals surface area contributed by atoms with E-state index in [1.165, 1.54) is 28.7 Å². The maximum absolute atomic E-state index is 10.5. The molecule has 6 nitrogen and oxygen atoms in total. The van der Waals surface area contributed by atoms with Gasteiger partial charge in [-0.3, -0.25) is 9.80 Å². The van der Waals surface area contributed by atoms with Gasteiger partial charge in [0.05, 0.1) is 0 Å². The molecule has 0 unspecified atom stereocenters. The van der Waals surface area contributed by atoms with Gasteiger partial charge in [-0.05, 0) is 98.8 Å². The number of likely N-dealkylation sites (tertiary alicyclic amines) is 2. The van der Waals surface area contributed by atoms with Crippen LogP contribution in [0.25, 0.3) is 0 Å². The SMILES string of the molecule is C=CCN1CC[C@]23c4c5ccc(O)c4O[C@H]2[C@@H](O)C=C[C@H]3[C@H]1C5.CC(C)=CCN1CC[C@@]2(C)c3cc(O)ccc3C[C@@H]1[C@@H]2C. The van der Waals surface area contributed by atoms with Gasteiger partial charge in [-0.2, -0.15) is 0 Å². The van der Waals surface area contributed by atoms with Gasteiger partial charge in [-0.1, -0.05) is 55.9 Å². The number of fused-ring (bicyclic) bond motifs is 4. The van der Waals surface area contributed by atoms with Gasteiger partial charge in [0.1, 0.15) is 18.0 Å². The van der Waals surface area contributed by atoms with Crippen LogP contribution in [0.5, 0.6) is 17.2 Å². The molecule has 0 aromatic heterocycles. The summed E-state index contributed by atoms with van der Waals surface area (Å²) in [5.74, 6) is 2.17. The van der Waals surface area contributed by atoms with Crippen molar-refractivity contribution in [3.8, 4) is 17.2 Å². The molecular formula is C38H48N2O4. The molecule has 1 spiro atoms. The van der Waals surface area contributed by atoms with Crippen molar-refractivity contribution in [3.05, 3.63) is 89.0 Å². The summed E-state index contributed by atoms with van der Waals surface area (Å²) in [4.78, 5) is 5.14. The second-order valence-corrected chi connectivity index (χ2v) is 14.6. The maximum Gasteiger partial charge on any atom is 0.165 e. The van der Waals surface area contributed by atoms with Crippen LogP contribution in [0.15, 0.2) is 66.8 Å². The zero-order valence-corrected chi connectivity index (χ0v) is 26.7. The topological polar surface area (TPSA) is 76.4 Å². The average molecular weight is 597 g/mol. The van der Waals surface area contributed by atoms with Gasteiger partial charge < -0.3 is 20.1 Å². The third-order valence-corrected chi connectivity index (χ3v) is 12.2. The number of ether oxygens (including phenoxy) is 1. The van der Waals surface area contributed by atoms with Crippen LogP contribution in [-0.2, 0) is 23.7 Å². The summed E-state index contributed by atoms with van der Waals surface area (Å²) in [6.45, 7) is 17.1. The van der Waals surface area contributed by atoms with Gasteiger partial charge in [-0.15, -0.1) is 6.58 Å². The van der Waals surface area contributed by atoms with E-state index in [9.17, 15) is 15.3 Å². The first-order valence-electron chi connectivity index (χ1n) is 16.5. The number of aliphatic hydroxyl groups excluding tert-OH is 1. The van der Waals surface area contributed by atoms with Crippen molar-refractivity contribution in [2.75, 3.05) is 26.2 Å². The molecule has 4 bridgehead atoms. The Labute approximate surface area is 262 Å². The van der Waals surface area contributed by atoms with Crippen LogP contribution in [0.2, 0.25) is 0 Å². The molecule has 3 aliphatic carbocycles. The summed E-state index contributed by atoms with van der Waals surface area (Å²) in [5, 5.41) is 30.7. The number of piperidine rings is 2. The van der Waals surface area contributed by atoms with Gasteiger partial charge in [0.15, 0.2) is 11.5 Å². The fourth-order valence-electron chi connectivity index (χ4n) is 9.75. The Bertz CT molecular complexity index is 1530. The van der Waals surface area contributed by atoms with Crippen LogP contribution in [0.4, 0.5) is 0 Å². The number of aliphatic hydroxyl groups is 1. The van der Waals surface area contributed by atoms with Crippen molar-refractivity contribution < 1.29 is 20.1 Å². The summed E-state index contributed by atoms with van der Waals surface area (Å²) in [6, 6.07) is 10.8. The van der Waals surface area contributed by atoms with Crippen LogP contribution >= 0.6 is 0 Å². The molecular weight excluding hydrogens is 548 g/mol. The highest BCUT2D eigenvalue weighted by Gasteiger charge is 2.64. The highest BCUT2D eigenvalue weighted by molar-refractivity contribution is 5.61. The average Bonchev–Trinajstić information content (AvgIpc) is 3.35. The van der Waals surface area contributed by atoms with E-state index in [1.807, 2.05) is 30.4 Å². The summed E-state index contributed by atoms with van der Waals surface area (Å²) in [6.07, 6.45) is 11.7. The molecule has 0 radical (unpaired) electrons. The highest BCUT2D eigenvalue weighted by Crippen LogP contribution is 2.62. The molecule has 3 aliphatic heterocycles. The van der Waals surface area contributed by atoms with E-state index in [2.05, 4.69) is 62.3 Å². The second kappa shape index (κ2) is 10.8. The van der Waals surface area contributed by atoms with Crippen molar-refractivity contribution in [1.82, 2.24) is 9.80 Å². The first kappa shape index (κ1) is 29.6. The van der Waals surface area contributed by atoms with Crippen molar-refractivity contribution in [1.29, 1.82) is 0 Å². The lowest BCUT2D eigenvalue weighted by atomic mass is 9.53. The van der Waals surface area contributed by atoms with Crippen LogP contribution in [0, 0.1) is 11.8 Å². The molecule has 234 valence electrons. The summed E-state index contributed by atoms with van der Waals surface area (Å²) < 4.78 is 6.13. The van der Waals surface area contributed by atoms with Crippen LogP contribution in [0.1, 0.15) is 62.8 Å². The molecule has 6 heteroatoms. The Hall–Kier alpha value is -3.06. The van der Waals surface area contributed by atoms with Gasteiger partial charge in [-0.25, -0.2) is 0 Å². The van der Waals surface area contributed by atoms with E-state index >= 15 is 0 Å². The van der Waals surface area contributed by atoms with E-state index in [0.29, 0.717) is 35.4 Å². The minimum absolute atomic E-state index is 0.196. The number of allylic oxidation sites excluding steroid dienone is 1. The Morgan fingerprint density at radius 1 is 1.00 bits per heavy atom. The number of nitrogens with zero attached hydrogens (tertiary/aromatic N) is 2. The molecule has 6 aliphatic rings. The van der Waals surface area contributed by atoms with E-state index in [0.717, 1.165) is 51.0 Å². The predicted octanol–water partition coefficient (Wildman–Crippen LogP) is 5.64. The monoisotopic (exact) mass is 596 g/mol. The number of hydrogen-bond donors (Lipinski definition) is 3. The molecule has 2 fully saturated rings. The van der Waals surface area contributed by atoms with Gasteiger partial charge in [0.25, 0.3) is 0 Å². The van der Waals surface area contributed by atoms with Crippen molar-refractivity contribution in [2.45, 2.75) is 88.5 Å². The molecule has 44 heavy (non-hydrogen) atoms. The van der Waals surface area contributed by atoms with E-state index in [-0.39, 0.29) is 22.7 Å². The van der Waals surface area contributed by atoms with Gasteiger partial charge in [0, 0.05) is 42.1 Å². The standard InChI is InChI=1S/C19H21NO3.C19H27NO/c1-2-8-20-9-7-19-12-4-6-15(22)18(19)23-17-14(21)5-3-11(16(17)19)10-13(12)20;1-13(2)7-9-20-10-8-19(4)14(3)18(20)11-15-5-6-16(21)12-17(15)19/h2-6,12-13,15,18,21-22H,1,7-10H2;5-7,12,14,18,21H,8-11H2,1-4H3/t12-,13+,15-,18-,19-;14-,18+,19+/m00/s1. The van der Waals surface area contributed by atoms with Crippen LogP contribution < -0.4 is 4.74 Å². The Morgan fingerprint density at radius 3 is 2.50 bits per heavy atom. The van der Waals surface area contributed by atoms with Crippen LogP contribution in [0.3, 0.4) is 0 Å². The normalized spacial score (nSPS) is 35.8. The van der Waals surface area contributed by atoms with Crippen LogP contribution in [-0.4, -0.2) is 75.6 Å². The molecule has 0 amide bonds. The Morgan fingerprint density at radius 2 is 1.73 bits per heavy atom. The highest BCUT2D eigenvalue weighted by atomic mass is 16.5. The molecule has 3 heterocycles. The quantitative estimate of drug-likeness (QED) is 0.397. The smallest absolute Gasteiger partial charge is 0.165 e. The summed E-state index contributed by atoms with van der Waals surface area (Å²) in [7, 11) is 0. The predicted molar refractivity (Wildman–Crippen MR) is 174 cm³/mol. The molecule has 2 aromatic rings. The zero-order chi connectivity index (χ0) is 31.0. The number of phenols is 2. The Balaban J connectivity index is 0.000000143. The van der Waals surface area contributed by atoms with E-state index < -0.39 is 6.10 Å². The van der Waals surface area contributed by atoms with E-state index in [1.54, 1.807) is 6.07 Å². The number of benzene rings is 2. The minimum atomic E-state index is -0.615. The molecule has 8 rings (SSSR count). The van der Waals surface area contributed by atoms with Crippen molar-refractivity contribution in [3.63, 3.8) is 0 Å². The van der Waals surface area contributed by atoms with Gasteiger partial charge in [0.2, 0.25) is 0 Å². The van der Waals surface area contributed by atoms with E-state index in [4.69, 9.17) is 4.74 Å². The lowest BCUT2D eigenvalue weighted by Gasteiger charge is -2.57. The molecule has 0 saturated carbocycles. The summed E-state index contributed by atoms with van der Waals surface area (Å²) >= 11 is 0. The number of phenolic OH excluding ortho intramolecular Hbond substituents is 2. The number of hydrogen-bond acceptors (Lipinski definition) is 6. The fourth-order valence-corrected chi connectivity index (χ4v) is 9.75. The molecule has 8 atom stereocenters. The van der Waals surface area contributed by atoms with Crippen molar-refractivity contribution >= 4 is 0 Å². The molecule has 3 N–H and O–H groups in total. The van der Waals surface area contributed by atoms with Crippen molar-refractivity contribution in [2.24, 2.45) is 11.8 Å². The Kier molecular flexibility index (Phi) is 7.26. The third kappa shape index (κ3) is 4.32. The minimum Gasteiger partial charge on any atom is -0.508 e. The first-order valence-corrected chi connectivity index (χ1v) is 16.5. The number of aromatic hydroxyl groups is 2. The number of rotatable bonds is 4. The van der Waals surface area contributed by atoms with Gasteiger partial charge >= 0.3 is 0 Å².